The number of Topliss-reactive ketones (excluding diaryl/α,β-unsaturated/α-hetero) is 1. The highest BCUT2D eigenvalue weighted by atomic mass is 16.4. The smallest absolute Gasteiger partial charge is 0.312 e. The molecule has 0 unspecified atom stereocenters. The van der Waals surface area contributed by atoms with Crippen LogP contribution < -0.4 is 10.6 Å². The number of carboxylic acid groups (broad SMARTS) is 1. The molecular formula is C9H14N2O5. The van der Waals surface area contributed by atoms with Crippen molar-refractivity contribution in [3.63, 3.8) is 0 Å². The third-order valence-corrected chi connectivity index (χ3v) is 1.49. The van der Waals surface area contributed by atoms with Gasteiger partial charge in [0, 0.05) is 13.1 Å². The fraction of sp³-hybridized carbons (Fsp3) is 0.556. The quantitative estimate of drug-likeness (QED) is 0.370. The minimum Gasteiger partial charge on any atom is -0.481 e. The van der Waals surface area contributed by atoms with Crippen molar-refractivity contribution in [1.82, 2.24) is 10.6 Å². The molecule has 0 aromatic heterocycles. The van der Waals surface area contributed by atoms with Crippen LogP contribution >= 0.6 is 0 Å². The van der Waals surface area contributed by atoms with Crippen LogP contribution in [0.4, 0.5) is 0 Å². The molecule has 7 nitrogen and oxygen atoms in total. The molecule has 0 spiro atoms. The van der Waals surface area contributed by atoms with E-state index in [0.717, 1.165) is 0 Å². The average molecular weight is 230 g/mol. The number of hydrogen-bond donors (Lipinski definition) is 3. The lowest BCUT2D eigenvalue weighted by Crippen LogP contribution is -2.35. The number of nitrogens with one attached hydrogen (secondary N) is 2. The maximum atomic E-state index is 10.9. The summed E-state index contributed by atoms with van der Waals surface area (Å²) < 4.78 is 0. The van der Waals surface area contributed by atoms with Gasteiger partial charge in [-0.2, -0.15) is 0 Å². The fourth-order valence-corrected chi connectivity index (χ4v) is 0.892. The van der Waals surface area contributed by atoms with Crippen LogP contribution in [0.25, 0.3) is 0 Å². The molecule has 0 aliphatic heterocycles. The summed E-state index contributed by atoms with van der Waals surface area (Å²) in [6, 6.07) is 0. The first-order valence-corrected chi connectivity index (χ1v) is 4.66. The largest absolute Gasteiger partial charge is 0.481 e. The van der Waals surface area contributed by atoms with Crippen molar-refractivity contribution in [2.45, 2.75) is 19.8 Å². The minimum atomic E-state index is -1.21. The molecule has 0 aromatic rings. The first-order chi connectivity index (χ1) is 7.41. The molecule has 0 aliphatic carbocycles. The highest BCUT2D eigenvalue weighted by Gasteiger charge is 2.07. The zero-order valence-corrected chi connectivity index (χ0v) is 8.91. The van der Waals surface area contributed by atoms with Crippen LogP contribution in [0.5, 0.6) is 0 Å². The van der Waals surface area contributed by atoms with Gasteiger partial charge in [-0.05, 0) is 6.92 Å². The van der Waals surface area contributed by atoms with Crippen molar-refractivity contribution in [3.05, 3.63) is 0 Å². The van der Waals surface area contributed by atoms with Crippen molar-refractivity contribution in [2.75, 3.05) is 13.1 Å². The van der Waals surface area contributed by atoms with Gasteiger partial charge in [0.05, 0.1) is 6.42 Å². The first kappa shape index (κ1) is 14.1. The van der Waals surface area contributed by atoms with Crippen molar-refractivity contribution in [3.8, 4) is 0 Å². The topological polar surface area (TPSA) is 113 Å². The molecule has 0 rings (SSSR count). The molecule has 7 heteroatoms. The lowest BCUT2D eigenvalue weighted by molar-refractivity contribution is -0.141. The highest BCUT2D eigenvalue weighted by Crippen LogP contribution is 1.81. The van der Waals surface area contributed by atoms with E-state index < -0.39 is 24.2 Å². The van der Waals surface area contributed by atoms with Gasteiger partial charge in [0.1, 0.15) is 12.2 Å². The third-order valence-electron chi connectivity index (χ3n) is 1.49. The van der Waals surface area contributed by atoms with Gasteiger partial charge < -0.3 is 15.7 Å². The second-order valence-electron chi connectivity index (χ2n) is 3.15. The molecule has 0 heterocycles. The van der Waals surface area contributed by atoms with Crippen molar-refractivity contribution in [2.24, 2.45) is 0 Å². The van der Waals surface area contributed by atoms with Gasteiger partial charge in [0.25, 0.3) is 0 Å². The standard InChI is InChI=1S/C9H14N2O5/c1-6(12)4-7(13)10-2-3-11-8(14)5-9(15)16/h2-5H2,1H3,(H,10,13)(H,11,14)(H,15,16). The van der Waals surface area contributed by atoms with Crippen LogP contribution in [0.15, 0.2) is 0 Å². The van der Waals surface area contributed by atoms with Gasteiger partial charge in [-0.3, -0.25) is 19.2 Å². The Labute approximate surface area is 92.2 Å². The molecule has 0 bridgehead atoms. The van der Waals surface area contributed by atoms with E-state index in [9.17, 15) is 19.2 Å². The maximum Gasteiger partial charge on any atom is 0.312 e. The maximum absolute atomic E-state index is 10.9. The second kappa shape index (κ2) is 7.38. The normalized spacial score (nSPS) is 9.31. The number of rotatable bonds is 7. The predicted octanol–water partition coefficient (Wildman–Crippen LogP) is -1.33. The molecule has 0 radical (unpaired) electrons. The van der Waals surface area contributed by atoms with Crippen LogP contribution in [-0.4, -0.2) is 41.8 Å². The van der Waals surface area contributed by atoms with Gasteiger partial charge in [-0.1, -0.05) is 0 Å². The zero-order chi connectivity index (χ0) is 12.6. The van der Waals surface area contributed by atoms with Crippen LogP contribution in [0.3, 0.4) is 0 Å². The van der Waals surface area contributed by atoms with Crippen LogP contribution in [-0.2, 0) is 19.2 Å². The molecule has 16 heavy (non-hydrogen) atoms. The minimum absolute atomic E-state index is 0.135. The Morgan fingerprint density at radius 2 is 1.38 bits per heavy atom. The van der Waals surface area contributed by atoms with E-state index >= 15 is 0 Å². The molecule has 0 aromatic carbocycles. The Morgan fingerprint density at radius 3 is 1.75 bits per heavy atom. The molecule has 0 fully saturated rings. The number of carbonyl (C=O) groups excluding carboxylic acids is 3. The zero-order valence-electron chi connectivity index (χ0n) is 8.91. The Balaban J connectivity index is 3.53. The van der Waals surface area contributed by atoms with E-state index in [1.54, 1.807) is 0 Å². The summed E-state index contributed by atoms with van der Waals surface area (Å²) in [4.78, 5) is 42.4. The lowest BCUT2D eigenvalue weighted by atomic mass is 10.3. The molecular weight excluding hydrogens is 216 g/mol. The molecule has 90 valence electrons. The van der Waals surface area contributed by atoms with Crippen LogP contribution in [0, 0.1) is 0 Å². The SMILES string of the molecule is CC(=O)CC(=O)NCCNC(=O)CC(=O)O. The summed E-state index contributed by atoms with van der Waals surface area (Å²) in [5.74, 6) is -2.49. The molecule has 2 amide bonds. The monoisotopic (exact) mass is 230 g/mol. The molecule has 0 saturated carbocycles. The first-order valence-electron chi connectivity index (χ1n) is 4.66. The lowest BCUT2D eigenvalue weighted by Gasteiger charge is -2.05. The van der Waals surface area contributed by atoms with E-state index in [2.05, 4.69) is 10.6 Å². The van der Waals surface area contributed by atoms with E-state index in [0.29, 0.717) is 0 Å². The van der Waals surface area contributed by atoms with E-state index in [-0.39, 0.29) is 25.3 Å². The third kappa shape index (κ3) is 8.67. The van der Waals surface area contributed by atoms with Gasteiger partial charge in [0.15, 0.2) is 0 Å². The van der Waals surface area contributed by atoms with Gasteiger partial charge in [-0.15, -0.1) is 0 Å². The average Bonchev–Trinajstić information content (AvgIpc) is 2.10. The number of carboxylic acids is 1. The number of ketones is 1. The molecule has 3 N–H and O–H groups in total. The van der Waals surface area contributed by atoms with Crippen LogP contribution in [0.2, 0.25) is 0 Å². The number of hydrogen-bond acceptors (Lipinski definition) is 4. The predicted molar refractivity (Wildman–Crippen MR) is 53.6 cm³/mol. The Bertz CT molecular complexity index is 270. The van der Waals surface area contributed by atoms with E-state index in [1.807, 2.05) is 0 Å². The van der Waals surface area contributed by atoms with Gasteiger partial charge in [-0.25, -0.2) is 0 Å². The van der Waals surface area contributed by atoms with Crippen molar-refractivity contribution >= 4 is 23.6 Å². The highest BCUT2D eigenvalue weighted by molar-refractivity contribution is 5.96. The summed E-state index contributed by atoms with van der Waals surface area (Å²) >= 11 is 0. The van der Waals surface area contributed by atoms with E-state index in [4.69, 9.17) is 5.11 Å². The van der Waals surface area contributed by atoms with E-state index in [1.165, 1.54) is 6.92 Å². The summed E-state index contributed by atoms with van der Waals surface area (Å²) in [5, 5.41) is 13.0. The van der Waals surface area contributed by atoms with Crippen molar-refractivity contribution < 1.29 is 24.3 Å². The Hall–Kier alpha value is -1.92. The summed E-state index contributed by atoms with van der Waals surface area (Å²) in [6.45, 7) is 1.60. The summed E-state index contributed by atoms with van der Waals surface area (Å²) in [7, 11) is 0. The Morgan fingerprint density at radius 1 is 0.938 bits per heavy atom. The van der Waals surface area contributed by atoms with Gasteiger partial charge in [0.2, 0.25) is 11.8 Å². The fourth-order valence-electron chi connectivity index (χ4n) is 0.892. The molecule has 0 saturated heterocycles. The number of carbonyl (C=O) groups is 4. The Kier molecular flexibility index (Phi) is 6.50. The molecule has 0 aliphatic rings. The molecule has 0 atom stereocenters. The van der Waals surface area contributed by atoms with Crippen LogP contribution in [0.1, 0.15) is 19.8 Å². The second-order valence-corrected chi connectivity index (χ2v) is 3.15. The number of aliphatic carboxylic acids is 1. The van der Waals surface area contributed by atoms with Gasteiger partial charge >= 0.3 is 5.97 Å². The summed E-state index contributed by atoms with van der Waals surface area (Å²) in [5.41, 5.74) is 0. The van der Waals surface area contributed by atoms with Crippen molar-refractivity contribution in [1.29, 1.82) is 0 Å². The number of amides is 2. The summed E-state index contributed by atoms with van der Waals surface area (Å²) in [6.07, 6.45) is -0.787.